The van der Waals surface area contributed by atoms with E-state index in [1.54, 1.807) is 6.20 Å². The van der Waals surface area contributed by atoms with Crippen LogP contribution in [0.3, 0.4) is 0 Å². The third kappa shape index (κ3) is 3.21. The molecule has 4 rings (SSSR count). The van der Waals surface area contributed by atoms with Gasteiger partial charge in [-0.05, 0) is 43.7 Å². The van der Waals surface area contributed by atoms with Gasteiger partial charge in [0.05, 0.1) is 22.9 Å². The maximum atomic E-state index is 12.7. The molecule has 1 amide bonds. The number of benzene rings is 1. The van der Waals surface area contributed by atoms with Crippen LogP contribution in [0.2, 0.25) is 0 Å². The number of carbonyl (C=O) groups is 1. The lowest BCUT2D eigenvalue weighted by Gasteiger charge is -2.09. The second-order valence-electron chi connectivity index (χ2n) is 6.38. The highest BCUT2D eigenvalue weighted by atomic mass is 32.1. The van der Waals surface area contributed by atoms with Gasteiger partial charge in [-0.2, -0.15) is 0 Å². The van der Waals surface area contributed by atoms with Crippen molar-refractivity contribution in [3.05, 3.63) is 63.7 Å². The van der Waals surface area contributed by atoms with Crippen molar-refractivity contribution in [1.29, 1.82) is 0 Å². The molecule has 0 bridgehead atoms. The highest BCUT2D eigenvalue weighted by Gasteiger charge is 2.13. The van der Waals surface area contributed by atoms with Gasteiger partial charge < -0.3 is 5.32 Å². The number of fused-ring (bicyclic) bond motifs is 2. The standard InChI is InChI=1S/C20H18N4O2S/c1-12-13(2)27-19-18(12)20(26)24(11-22-19)10-8-17(25)23-16-7-3-6-15-14(16)5-4-9-21-15/h3-7,9,11H,8,10H2,1-2H3,(H,23,25). The number of amides is 1. The van der Waals surface area contributed by atoms with Crippen LogP contribution in [-0.2, 0) is 11.3 Å². The van der Waals surface area contributed by atoms with Gasteiger partial charge >= 0.3 is 0 Å². The van der Waals surface area contributed by atoms with Gasteiger partial charge in [0.25, 0.3) is 5.56 Å². The molecular weight excluding hydrogens is 360 g/mol. The van der Waals surface area contributed by atoms with Crippen molar-refractivity contribution in [3.63, 3.8) is 0 Å². The lowest BCUT2D eigenvalue weighted by molar-refractivity contribution is -0.116. The zero-order valence-corrected chi connectivity index (χ0v) is 15.8. The molecule has 1 N–H and O–H groups in total. The number of rotatable bonds is 4. The second kappa shape index (κ2) is 6.92. The SMILES string of the molecule is Cc1sc2ncn(CCC(=O)Nc3cccc4ncccc34)c(=O)c2c1C. The molecule has 0 spiro atoms. The van der Waals surface area contributed by atoms with E-state index in [0.717, 1.165) is 31.9 Å². The van der Waals surface area contributed by atoms with Gasteiger partial charge in [0.1, 0.15) is 4.83 Å². The third-order valence-electron chi connectivity index (χ3n) is 4.66. The van der Waals surface area contributed by atoms with E-state index in [-0.39, 0.29) is 24.4 Å². The minimum Gasteiger partial charge on any atom is -0.325 e. The molecule has 0 fully saturated rings. The molecule has 7 heteroatoms. The Hall–Kier alpha value is -3.06. The van der Waals surface area contributed by atoms with Crippen LogP contribution >= 0.6 is 11.3 Å². The van der Waals surface area contributed by atoms with Crippen LogP contribution in [0.25, 0.3) is 21.1 Å². The number of thiophene rings is 1. The summed E-state index contributed by atoms with van der Waals surface area (Å²) in [6.07, 6.45) is 3.43. The quantitative estimate of drug-likeness (QED) is 0.588. The maximum absolute atomic E-state index is 12.7. The first-order chi connectivity index (χ1) is 13.0. The molecule has 0 unspecified atom stereocenters. The van der Waals surface area contributed by atoms with E-state index in [4.69, 9.17) is 0 Å². The molecule has 136 valence electrons. The summed E-state index contributed by atoms with van der Waals surface area (Å²) in [5.41, 5.74) is 2.42. The van der Waals surface area contributed by atoms with E-state index < -0.39 is 0 Å². The molecule has 1 aromatic carbocycles. The molecule has 0 saturated heterocycles. The fourth-order valence-corrected chi connectivity index (χ4v) is 4.06. The van der Waals surface area contributed by atoms with Crippen molar-refractivity contribution in [3.8, 4) is 0 Å². The van der Waals surface area contributed by atoms with Gasteiger partial charge in [-0.1, -0.05) is 6.07 Å². The Labute approximate surface area is 159 Å². The summed E-state index contributed by atoms with van der Waals surface area (Å²) in [5.74, 6) is -0.156. The fourth-order valence-electron chi connectivity index (χ4n) is 3.08. The number of aromatic nitrogens is 3. The lowest BCUT2D eigenvalue weighted by atomic mass is 10.2. The van der Waals surface area contributed by atoms with Crippen LogP contribution in [0, 0.1) is 13.8 Å². The summed E-state index contributed by atoms with van der Waals surface area (Å²) in [5, 5.41) is 4.45. The topological polar surface area (TPSA) is 76.9 Å². The highest BCUT2D eigenvalue weighted by molar-refractivity contribution is 7.18. The molecule has 27 heavy (non-hydrogen) atoms. The Kier molecular flexibility index (Phi) is 4.45. The van der Waals surface area contributed by atoms with E-state index in [1.165, 1.54) is 22.2 Å². The van der Waals surface area contributed by atoms with Crippen molar-refractivity contribution >= 4 is 44.1 Å². The largest absolute Gasteiger partial charge is 0.325 e. The van der Waals surface area contributed by atoms with Gasteiger partial charge in [0, 0.05) is 29.4 Å². The first kappa shape index (κ1) is 17.4. The van der Waals surface area contributed by atoms with Crippen molar-refractivity contribution in [2.24, 2.45) is 0 Å². The summed E-state index contributed by atoms with van der Waals surface area (Å²) in [6.45, 7) is 4.20. The molecule has 3 aromatic heterocycles. The average Bonchev–Trinajstić information content (AvgIpc) is 2.96. The fraction of sp³-hybridized carbons (Fsp3) is 0.200. The predicted octanol–water partition coefficient (Wildman–Crippen LogP) is 3.65. The summed E-state index contributed by atoms with van der Waals surface area (Å²) in [7, 11) is 0. The van der Waals surface area contributed by atoms with E-state index in [0.29, 0.717) is 5.39 Å². The predicted molar refractivity (Wildman–Crippen MR) is 108 cm³/mol. The van der Waals surface area contributed by atoms with Crippen molar-refractivity contribution in [2.75, 3.05) is 5.32 Å². The van der Waals surface area contributed by atoms with Gasteiger partial charge in [-0.25, -0.2) is 4.98 Å². The molecule has 0 radical (unpaired) electrons. The summed E-state index contributed by atoms with van der Waals surface area (Å²) >= 11 is 1.52. The minimum atomic E-state index is -0.156. The summed E-state index contributed by atoms with van der Waals surface area (Å²) in [4.78, 5) is 35.6. The van der Waals surface area contributed by atoms with Crippen molar-refractivity contribution in [1.82, 2.24) is 14.5 Å². The Balaban J connectivity index is 1.53. The highest BCUT2D eigenvalue weighted by Crippen LogP contribution is 2.25. The molecule has 3 heterocycles. The van der Waals surface area contributed by atoms with Gasteiger partial charge in [0.15, 0.2) is 0 Å². The van der Waals surface area contributed by atoms with Gasteiger partial charge in [-0.3, -0.25) is 19.1 Å². The van der Waals surface area contributed by atoms with Crippen LogP contribution in [0.15, 0.2) is 47.7 Å². The average molecular weight is 378 g/mol. The Morgan fingerprint density at radius 2 is 2.04 bits per heavy atom. The zero-order chi connectivity index (χ0) is 19.0. The van der Waals surface area contributed by atoms with Crippen LogP contribution in [0.5, 0.6) is 0 Å². The first-order valence-electron chi connectivity index (χ1n) is 8.63. The molecule has 0 atom stereocenters. The molecule has 0 saturated carbocycles. The van der Waals surface area contributed by atoms with Crippen molar-refractivity contribution in [2.45, 2.75) is 26.8 Å². The van der Waals surface area contributed by atoms with E-state index in [9.17, 15) is 9.59 Å². The lowest BCUT2D eigenvalue weighted by Crippen LogP contribution is -2.23. The number of carbonyl (C=O) groups excluding carboxylic acids is 1. The van der Waals surface area contributed by atoms with Crippen LogP contribution in [0.4, 0.5) is 5.69 Å². The van der Waals surface area contributed by atoms with E-state index >= 15 is 0 Å². The minimum absolute atomic E-state index is 0.0935. The molecule has 0 aliphatic carbocycles. The normalized spacial score (nSPS) is 11.2. The number of nitrogens with one attached hydrogen (secondary N) is 1. The molecular formula is C20H18N4O2S. The number of hydrogen-bond acceptors (Lipinski definition) is 5. The van der Waals surface area contributed by atoms with Gasteiger partial charge in [-0.15, -0.1) is 11.3 Å². The zero-order valence-electron chi connectivity index (χ0n) is 15.0. The number of hydrogen-bond donors (Lipinski definition) is 1. The van der Waals surface area contributed by atoms with E-state index in [2.05, 4.69) is 15.3 Å². The number of anilines is 1. The first-order valence-corrected chi connectivity index (χ1v) is 9.45. The molecule has 0 aliphatic rings. The smallest absolute Gasteiger partial charge is 0.262 e. The van der Waals surface area contributed by atoms with Gasteiger partial charge in [0.2, 0.25) is 5.91 Å². The Morgan fingerprint density at radius 3 is 2.89 bits per heavy atom. The number of aryl methyl sites for hydroxylation is 3. The van der Waals surface area contributed by atoms with Crippen LogP contribution in [-0.4, -0.2) is 20.4 Å². The van der Waals surface area contributed by atoms with Crippen molar-refractivity contribution < 1.29 is 4.79 Å². The third-order valence-corrected chi connectivity index (χ3v) is 5.77. The molecule has 4 aromatic rings. The number of pyridine rings is 1. The second-order valence-corrected chi connectivity index (χ2v) is 7.58. The summed E-state index contributed by atoms with van der Waals surface area (Å²) in [6, 6.07) is 9.36. The van der Waals surface area contributed by atoms with Crippen LogP contribution < -0.4 is 10.9 Å². The summed E-state index contributed by atoms with van der Waals surface area (Å²) < 4.78 is 1.51. The monoisotopic (exact) mass is 378 g/mol. The molecule has 6 nitrogen and oxygen atoms in total. The number of nitrogens with zero attached hydrogens (tertiary/aromatic N) is 3. The maximum Gasteiger partial charge on any atom is 0.262 e. The van der Waals surface area contributed by atoms with Crippen LogP contribution in [0.1, 0.15) is 16.9 Å². The Bertz CT molecular complexity index is 1220. The Morgan fingerprint density at radius 1 is 1.19 bits per heavy atom. The molecule has 0 aliphatic heterocycles. The van der Waals surface area contributed by atoms with E-state index in [1.807, 2.05) is 44.2 Å².